The molecule has 3 heterocycles. The summed E-state index contributed by atoms with van der Waals surface area (Å²) in [5.74, 6) is 0.784. The summed E-state index contributed by atoms with van der Waals surface area (Å²) in [6, 6.07) is 20.0. The Kier molecular flexibility index (Phi) is 6.65. The zero-order valence-corrected chi connectivity index (χ0v) is 20.2. The van der Waals surface area contributed by atoms with Gasteiger partial charge < -0.3 is 14.5 Å². The van der Waals surface area contributed by atoms with Crippen molar-refractivity contribution in [3.63, 3.8) is 0 Å². The van der Waals surface area contributed by atoms with E-state index in [0.29, 0.717) is 44.0 Å². The van der Waals surface area contributed by atoms with Crippen LogP contribution in [0.2, 0.25) is 0 Å². The van der Waals surface area contributed by atoms with Crippen molar-refractivity contribution in [2.24, 2.45) is 0 Å². The molecule has 3 aromatic rings. The lowest BCUT2D eigenvalue weighted by Gasteiger charge is -2.39. The van der Waals surface area contributed by atoms with Crippen molar-refractivity contribution in [2.45, 2.75) is 12.5 Å². The first-order chi connectivity index (χ1) is 16.6. The molecule has 2 aliphatic rings. The smallest absolute Gasteiger partial charge is 0.254 e. The predicted molar refractivity (Wildman–Crippen MR) is 133 cm³/mol. The van der Waals surface area contributed by atoms with Crippen LogP contribution in [0.25, 0.3) is 0 Å². The Morgan fingerprint density at radius 1 is 0.941 bits per heavy atom. The molecule has 5 rings (SSSR count). The molecular formula is C27H29N3O3S. The lowest BCUT2D eigenvalue weighted by molar-refractivity contribution is -0.134. The van der Waals surface area contributed by atoms with Gasteiger partial charge in [-0.2, -0.15) is 0 Å². The topological polar surface area (TPSA) is 53.1 Å². The quantitative estimate of drug-likeness (QED) is 0.565. The summed E-state index contributed by atoms with van der Waals surface area (Å²) >= 11 is 1.81. The number of carbonyl (C=O) groups excluding carboxylic acids is 2. The first kappa shape index (κ1) is 22.6. The number of rotatable bonds is 5. The molecule has 1 fully saturated rings. The molecule has 1 aromatic heterocycles. The Bertz CT molecular complexity index is 1150. The van der Waals surface area contributed by atoms with Gasteiger partial charge in [-0.15, -0.1) is 11.3 Å². The summed E-state index contributed by atoms with van der Waals surface area (Å²) < 4.78 is 5.24. The second-order valence-electron chi connectivity index (χ2n) is 8.74. The van der Waals surface area contributed by atoms with Gasteiger partial charge in [0.1, 0.15) is 5.75 Å². The zero-order chi connectivity index (χ0) is 23.5. The predicted octanol–water partition coefficient (Wildman–Crippen LogP) is 3.69. The number of piperazine rings is 1. The fraction of sp³-hybridized carbons (Fsp3) is 0.333. The lowest BCUT2D eigenvalue weighted by Crippen LogP contribution is -2.53. The van der Waals surface area contributed by atoms with Crippen LogP contribution in [0.1, 0.15) is 32.4 Å². The normalized spacial score (nSPS) is 18.4. The maximum atomic E-state index is 13.3. The molecule has 2 amide bonds. The number of thiophene rings is 1. The average Bonchev–Trinajstić information content (AvgIpc) is 3.37. The highest BCUT2D eigenvalue weighted by Crippen LogP contribution is 2.37. The molecule has 176 valence electrons. The van der Waals surface area contributed by atoms with Crippen LogP contribution in [-0.4, -0.2) is 72.9 Å². The van der Waals surface area contributed by atoms with Crippen molar-refractivity contribution in [3.8, 4) is 5.75 Å². The van der Waals surface area contributed by atoms with Crippen LogP contribution < -0.4 is 4.74 Å². The number of benzene rings is 2. The molecule has 1 atom stereocenters. The second kappa shape index (κ2) is 9.99. The van der Waals surface area contributed by atoms with Crippen LogP contribution >= 0.6 is 11.3 Å². The van der Waals surface area contributed by atoms with E-state index in [1.807, 2.05) is 39.3 Å². The number of nitrogens with zero attached hydrogens (tertiary/aromatic N) is 3. The third-order valence-corrected chi connectivity index (χ3v) is 7.75. The summed E-state index contributed by atoms with van der Waals surface area (Å²) in [7, 11) is 1.60. The van der Waals surface area contributed by atoms with E-state index in [2.05, 4.69) is 40.6 Å². The highest BCUT2D eigenvalue weighted by atomic mass is 32.1. The SMILES string of the molecule is COc1cccc(C(=O)N2CCN(C(=O)CN3CCc4sccc4C3c3ccccc3)CC2)c1. The molecule has 0 N–H and O–H groups in total. The highest BCUT2D eigenvalue weighted by molar-refractivity contribution is 7.10. The molecule has 0 spiro atoms. The molecule has 0 bridgehead atoms. The van der Waals surface area contributed by atoms with E-state index in [-0.39, 0.29) is 17.9 Å². The minimum absolute atomic E-state index is 0.0174. The number of amides is 2. The molecule has 6 nitrogen and oxygen atoms in total. The Morgan fingerprint density at radius 3 is 2.47 bits per heavy atom. The monoisotopic (exact) mass is 475 g/mol. The van der Waals surface area contributed by atoms with Gasteiger partial charge in [-0.1, -0.05) is 36.4 Å². The van der Waals surface area contributed by atoms with E-state index < -0.39 is 0 Å². The van der Waals surface area contributed by atoms with E-state index in [1.54, 1.807) is 19.2 Å². The molecule has 2 aliphatic heterocycles. The number of carbonyl (C=O) groups is 2. The minimum atomic E-state index is -0.0174. The van der Waals surface area contributed by atoms with Gasteiger partial charge in [-0.25, -0.2) is 0 Å². The van der Waals surface area contributed by atoms with Crippen LogP contribution in [0.15, 0.2) is 66.0 Å². The van der Waals surface area contributed by atoms with Gasteiger partial charge in [0.25, 0.3) is 5.91 Å². The van der Waals surface area contributed by atoms with Gasteiger partial charge in [0.2, 0.25) is 5.91 Å². The van der Waals surface area contributed by atoms with Crippen LogP contribution in [0.4, 0.5) is 0 Å². The van der Waals surface area contributed by atoms with Crippen LogP contribution in [0, 0.1) is 0 Å². The van der Waals surface area contributed by atoms with Crippen molar-refractivity contribution in [3.05, 3.63) is 87.6 Å². The lowest BCUT2D eigenvalue weighted by atomic mass is 9.93. The van der Waals surface area contributed by atoms with Gasteiger partial charge in [0, 0.05) is 43.2 Å². The fourth-order valence-corrected chi connectivity index (χ4v) is 5.84. The van der Waals surface area contributed by atoms with Gasteiger partial charge in [-0.3, -0.25) is 14.5 Å². The summed E-state index contributed by atoms with van der Waals surface area (Å²) in [4.78, 5) is 33.7. The molecular weight excluding hydrogens is 446 g/mol. The van der Waals surface area contributed by atoms with E-state index in [4.69, 9.17) is 4.74 Å². The number of ether oxygens (including phenoxy) is 1. The molecule has 34 heavy (non-hydrogen) atoms. The van der Waals surface area contributed by atoms with Crippen LogP contribution in [0.3, 0.4) is 0 Å². The summed E-state index contributed by atoms with van der Waals surface area (Å²) in [5, 5.41) is 2.16. The van der Waals surface area contributed by atoms with Crippen molar-refractivity contribution >= 4 is 23.2 Å². The van der Waals surface area contributed by atoms with Gasteiger partial charge in [0.05, 0.1) is 19.7 Å². The summed E-state index contributed by atoms with van der Waals surface area (Å²) in [6.07, 6.45) is 0.979. The molecule has 0 aliphatic carbocycles. The molecule has 0 radical (unpaired) electrons. The first-order valence-corrected chi connectivity index (χ1v) is 12.6. The largest absolute Gasteiger partial charge is 0.497 e. The number of hydrogen-bond donors (Lipinski definition) is 0. The standard InChI is InChI=1S/C27H29N3O3S/c1-33-22-9-5-8-21(18-22)27(32)29-15-13-28(14-16-29)25(31)19-30-12-10-24-23(11-17-34-24)26(30)20-6-3-2-4-7-20/h2-9,11,17-18,26H,10,12-16,19H2,1H3. The van der Waals surface area contributed by atoms with Gasteiger partial charge >= 0.3 is 0 Å². The van der Waals surface area contributed by atoms with Gasteiger partial charge in [0.15, 0.2) is 0 Å². The first-order valence-electron chi connectivity index (χ1n) is 11.7. The molecule has 1 saturated heterocycles. The number of fused-ring (bicyclic) bond motifs is 1. The fourth-order valence-electron chi connectivity index (χ4n) is 4.94. The summed E-state index contributed by atoms with van der Waals surface area (Å²) in [5.41, 5.74) is 3.16. The van der Waals surface area contributed by atoms with Crippen LogP contribution in [0.5, 0.6) is 5.75 Å². The van der Waals surface area contributed by atoms with Crippen molar-refractivity contribution in [2.75, 3.05) is 46.4 Å². The second-order valence-corrected chi connectivity index (χ2v) is 9.74. The Hall–Kier alpha value is -3.16. The third kappa shape index (κ3) is 4.58. The maximum absolute atomic E-state index is 13.3. The zero-order valence-electron chi connectivity index (χ0n) is 19.4. The Labute approximate surface area is 204 Å². The van der Waals surface area contributed by atoms with Crippen molar-refractivity contribution in [1.82, 2.24) is 14.7 Å². The van der Waals surface area contributed by atoms with Crippen LogP contribution in [-0.2, 0) is 11.2 Å². The maximum Gasteiger partial charge on any atom is 0.254 e. The van der Waals surface area contributed by atoms with Crippen molar-refractivity contribution in [1.29, 1.82) is 0 Å². The minimum Gasteiger partial charge on any atom is -0.497 e. The molecule has 7 heteroatoms. The van der Waals surface area contributed by atoms with E-state index in [9.17, 15) is 9.59 Å². The highest BCUT2D eigenvalue weighted by Gasteiger charge is 2.33. The Morgan fingerprint density at radius 2 is 1.71 bits per heavy atom. The van der Waals surface area contributed by atoms with Crippen molar-refractivity contribution < 1.29 is 14.3 Å². The number of hydrogen-bond acceptors (Lipinski definition) is 5. The van der Waals surface area contributed by atoms with E-state index >= 15 is 0 Å². The third-order valence-electron chi connectivity index (χ3n) is 6.76. The molecule has 1 unspecified atom stereocenters. The Balaban J connectivity index is 1.23. The number of methoxy groups -OCH3 is 1. The summed E-state index contributed by atoms with van der Waals surface area (Å²) in [6.45, 7) is 3.45. The molecule has 0 saturated carbocycles. The average molecular weight is 476 g/mol. The molecule has 2 aromatic carbocycles. The van der Waals surface area contributed by atoms with E-state index in [0.717, 1.165) is 13.0 Å². The van der Waals surface area contributed by atoms with Gasteiger partial charge in [-0.05, 0) is 47.2 Å². The van der Waals surface area contributed by atoms with E-state index in [1.165, 1.54) is 16.0 Å².